The minimum atomic E-state index is -0.0183. The van der Waals surface area contributed by atoms with E-state index in [-0.39, 0.29) is 11.9 Å². The Labute approximate surface area is 125 Å². The fraction of sp³-hybridized carbons (Fsp3) is 0.533. The Morgan fingerprint density at radius 2 is 2.25 bits per heavy atom. The second-order valence-corrected chi connectivity index (χ2v) is 5.90. The Kier molecular flexibility index (Phi) is 5.02. The number of hydrogen-bond donors (Lipinski definition) is 1. The lowest BCUT2D eigenvalue weighted by Gasteiger charge is -2.26. The van der Waals surface area contributed by atoms with E-state index >= 15 is 0 Å². The number of likely N-dealkylation sites (tertiary alicyclic amines) is 1. The van der Waals surface area contributed by atoms with Crippen LogP contribution in [0.2, 0.25) is 5.02 Å². The van der Waals surface area contributed by atoms with E-state index in [1.165, 1.54) is 0 Å². The van der Waals surface area contributed by atoms with Gasteiger partial charge < -0.3 is 10.6 Å². The van der Waals surface area contributed by atoms with Gasteiger partial charge in [-0.15, -0.1) is 0 Å². The molecule has 0 aliphatic carbocycles. The summed E-state index contributed by atoms with van der Waals surface area (Å²) >= 11 is 6.30. The van der Waals surface area contributed by atoms with Gasteiger partial charge in [-0.25, -0.2) is 0 Å². The van der Waals surface area contributed by atoms with Gasteiger partial charge in [0.2, 0.25) is 5.91 Å². The molecule has 2 rings (SSSR count). The average Bonchev–Trinajstić information content (AvgIpc) is 2.88. The molecule has 4 nitrogen and oxygen atoms in total. The highest BCUT2D eigenvalue weighted by Gasteiger charge is 2.31. The Hall–Kier alpha value is -1.10. The maximum atomic E-state index is 12.2. The lowest BCUT2D eigenvalue weighted by atomic mass is 10.1. The van der Waals surface area contributed by atoms with Gasteiger partial charge in [0.25, 0.3) is 0 Å². The topological polar surface area (TPSA) is 49.6 Å². The first-order valence-corrected chi connectivity index (χ1v) is 7.33. The molecule has 1 fully saturated rings. The first-order valence-electron chi connectivity index (χ1n) is 6.95. The van der Waals surface area contributed by atoms with Crippen LogP contribution >= 0.6 is 11.6 Å². The van der Waals surface area contributed by atoms with Crippen molar-refractivity contribution in [2.75, 3.05) is 20.6 Å². The molecule has 1 unspecified atom stereocenters. The average molecular weight is 296 g/mol. The highest BCUT2D eigenvalue weighted by molar-refractivity contribution is 6.31. The van der Waals surface area contributed by atoms with E-state index in [1.807, 2.05) is 32.3 Å². The van der Waals surface area contributed by atoms with Crippen LogP contribution in [0.25, 0.3) is 0 Å². The van der Waals surface area contributed by atoms with Crippen LogP contribution in [0.4, 0.5) is 0 Å². The van der Waals surface area contributed by atoms with E-state index in [2.05, 4.69) is 4.90 Å². The van der Waals surface area contributed by atoms with Crippen LogP contribution in [0.5, 0.6) is 0 Å². The van der Waals surface area contributed by atoms with Crippen molar-refractivity contribution < 1.29 is 4.79 Å². The van der Waals surface area contributed by atoms with Gasteiger partial charge in [0, 0.05) is 32.2 Å². The van der Waals surface area contributed by atoms with Gasteiger partial charge in [0.05, 0.1) is 6.04 Å². The fourth-order valence-corrected chi connectivity index (χ4v) is 2.92. The first kappa shape index (κ1) is 15.3. The predicted molar refractivity (Wildman–Crippen MR) is 81.5 cm³/mol. The van der Waals surface area contributed by atoms with Gasteiger partial charge in [0.1, 0.15) is 0 Å². The monoisotopic (exact) mass is 295 g/mol. The van der Waals surface area contributed by atoms with Crippen LogP contribution < -0.4 is 5.73 Å². The van der Waals surface area contributed by atoms with E-state index in [0.29, 0.717) is 13.1 Å². The zero-order valence-electron chi connectivity index (χ0n) is 12.1. The lowest BCUT2D eigenvalue weighted by Crippen LogP contribution is -2.42. The number of carbonyl (C=O) groups is 1. The van der Waals surface area contributed by atoms with Crippen molar-refractivity contribution in [1.82, 2.24) is 9.80 Å². The van der Waals surface area contributed by atoms with Crippen molar-refractivity contribution in [3.8, 4) is 0 Å². The van der Waals surface area contributed by atoms with Crippen molar-refractivity contribution in [2.45, 2.75) is 32.0 Å². The van der Waals surface area contributed by atoms with Gasteiger partial charge in [-0.2, -0.15) is 0 Å². The number of benzene rings is 1. The zero-order valence-corrected chi connectivity index (χ0v) is 12.9. The third-order valence-electron chi connectivity index (χ3n) is 3.82. The SMILES string of the molecule is CN(C)C(=O)C1CCCN1Cc1ccc(CN)cc1Cl. The third-order valence-corrected chi connectivity index (χ3v) is 4.17. The predicted octanol–water partition coefficient (Wildman–Crippen LogP) is 1.85. The molecule has 0 radical (unpaired) electrons. The molecule has 0 bridgehead atoms. The molecule has 20 heavy (non-hydrogen) atoms. The van der Waals surface area contributed by atoms with Crippen LogP contribution in [0, 0.1) is 0 Å². The third kappa shape index (κ3) is 3.32. The molecular weight excluding hydrogens is 274 g/mol. The van der Waals surface area contributed by atoms with Crippen molar-refractivity contribution in [1.29, 1.82) is 0 Å². The van der Waals surface area contributed by atoms with Crippen molar-refractivity contribution in [2.24, 2.45) is 5.73 Å². The second kappa shape index (κ2) is 6.57. The molecule has 110 valence electrons. The van der Waals surface area contributed by atoms with Gasteiger partial charge in [-0.1, -0.05) is 23.7 Å². The Morgan fingerprint density at radius 3 is 2.85 bits per heavy atom. The molecule has 1 atom stereocenters. The molecule has 1 amide bonds. The van der Waals surface area contributed by atoms with E-state index in [0.717, 1.165) is 35.5 Å². The lowest BCUT2D eigenvalue weighted by molar-refractivity contribution is -0.133. The molecular formula is C15H22ClN3O. The molecule has 0 saturated carbocycles. The maximum Gasteiger partial charge on any atom is 0.239 e. The quantitative estimate of drug-likeness (QED) is 0.922. The molecule has 5 heteroatoms. The summed E-state index contributed by atoms with van der Waals surface area (Å²) in [7, 11) is 3.61. The number of hydrogen-bond acceptors (Lipinski definition) is 3. The number of likely N-dealkylation sites (N-methyl/N-ethyl adjacent to an activating group) is 1. The summed E-state index contributed by atoms with van der Waals surface area (Å²) in [5, 5.41) is 0.732. The maximum absolute atomic E-state index is 12.2. The smallest absolute Gasteiger partial charge is 0.239 e. The van der Waals surface area contributed by atoms with Crippen LogP contribution in [0.1, 0.15) is 24.0 Å². The number of nitrogens with two attached hydrogens (primary N) is 1. The van der Waals surface area contributed by atoms with Gasteiger partial charge >= 0.3 is 0 Å². The summed E-state index contributed by atoms with van der Waals surface area (Å²) < 4.78 is 0. The summed E-state index contributed by atoms with van der Waals surface area (Å²) in [6.45, 7) is 2.15. The zero-order chi connectivity index (χ0) is 14.7. The molecule has 1 aromatic rings. The number of halogens is 1. The molecule has 2 N–H and O–H groups in total. The summed E-state index contributed by atoms with van der Waals surface area (Å²) in [5.41, 5.74) is 7.69. The molecule has 1 aliphatic rings. The van der Waals surface area contributed by atoms with Gasteiger partial charge in [-0.05, 0) is 36.6 Å². The van der Waals surface area contributed by atoms with Crippen molar-refractivity contribution >= 4 is 17.5 Å². The Morgan fingerprint density at radius 1 is 1.50 bits per heavy atom. The standard InChI is InChI=1S/C15H22ClN3O/c1-18(2)15(20)14-4-3-7-19(14)10-12-6-5-11(9-17)8-13(12)16/h5-6,8,14H,3-4,7,9-10,17H2,1-2H3. The van der Waals surface area contributed by atoms with Crippen LogP contribution in [-0.4, -0.2) is 42.4 Å². The van der Waals surface area contributed by atoms with Crippen molar-refractivity contribution in [3.05, 3.63) is 34.3 Å². The van der Waals surface area contributed by atoms with E-state index in [9.17, 15) is 4.79 Å². The minimum absolute atomic E-state index is 0.0183. The van der Waals surface area contributed by atoms with Crippen LogP contribution in [-0.2, 0) is 17.9 Å². The summed E-state index contributed by atoms with van der Waals surface area (Å²) in [5.74, 6) is 0.178. The van der Waals surface area contributed by atoms with E-state index < -0.39 is 0 Å². The minimum Gasteiger partial charge on any atom is -0.347 e. The van der Waals surface area contributed by atoms with Crippen molar-refractivity contribution in [3.63, 3.8) is 0 Å². The molecule has 0 aromatic heterocycles. The summed E-state index contributed by atoms with van der Waals surface area (Å²) in [4.78, 5) is 16.0. The Bertz CT molecular complexity index is 490. The second-order valence-electron chi connectivity index (χ2n) is 5.49. The largest absolute Gasteiger partial charge is 0.347 e. The highest BCUT2D eigenvalue weighted by Crippen LogP contribution is 2.25. The van der Waals surface area contributed by atoms with Crippen LogP contribution in [0.15, 0.2) is 18.2 Å². The van der Waals surface area contributed by atoms with Crippen LogP contribution in [0.3, 0.4) is 0 Å². The van der Waals surface area contributed by atoms with Gasteiger partial charge in [-0.3, -0.25) is 9.69 Å². The molecule has 1 heterocycles. The first-order chi connectivity index (χ1) is 9.52. The number of carbonyl (C=O) groups excluding carboxylic acids is 1. The number of nitrogens with zero attached hydrogens (tertiary/aromatic N) is 2. The summed E-state index contributed by atoms with van der Waals surface area (Å²) in [6, 6.07) is 5.91. The number of amides is 1. The molecule has 1 saturated heterocycles. The molecule has 0 spiro atoms. The summed E-state index contributed by atoms with van der Waals surface area (Å²) in [6.07, 6.45) is 1.98. The molecule has 1 aromatic carbocycles. The molecule has 1 aliphatic heterocycles. The Balaban J connectivity index is 2.11. The fourth-order valence-electron chi connectivity index (χ4n) is 2.66. The van der Waals surface area contributed by atoms with E-state index in [4.69, 9.17) is 17.3 Å². The highest BCUT2D eigenvalue weighted by atomic mass is 35.5. The van der Waals surface area contributed by atoms with E-state index in [1.54, 1.807) is 4.90 Å². The number of rotatable bonds is 4. The normalized spacial score (nSPS) is 19.3. The van der Waals surface area contributed by atoms with Gasteiger partial charge in [0.15, 0.2) is 0 Å².